The van der Waals surface area contributed by atoms with Crippen LogP contribution in [0.15, 0.2) is 36.8 Å². The minimum atomic E-state index is 0.231. The Morgan fingerprint density at radius 1 is 0.920 bits per heavy atom. The number of imidazole rings is 1. The average molecular weight is 341 g/mol. The number of hydrogen-bond donors (Lipinski definition) is 0. The van der Waals surface area contributed by atoms with E-state index in [-0.39, 0.29) is 5.41 Å². The van der Waals surface area contributed by atoms with Gasteiger partial charge >= 0.3 is 0 Å². The molecule has 25 heavy (non-hydrogen) atoms. The van der Waals surface area contributed by atoms with Crippen LogP contribution in [0.5, 0.6) is 0 Å². The lowest BCUT2D eigenvalue weighted by atomic mass is 9.87. The van der Waals surface area contributed by atoms with Gasteiger partial charge in [0.1, 0.15) is 0 Å². The van der Waals surface area contributed by atoms with Crippen molar-refractivity contribution in [1.82, 2.24) is 19.4 Å². The van der Waals surface area contributed by atoms with Crippen LogP contribution in [-0.4, -0.2) is 45.5 Å². The monoisotopic (exact) mass is 340 g/mol. The summed E-state index contributed by atoms with van der Waals surface area (Å²) in [5.41, 5.74) is 4.39. The van der Waals surface area contributed by atoms with Gasteiger partial charge in [0.05, 0.1) is 12.0 Å². The molecule has 1 saturated heterocycles. The van der Waals surface area contributed by atoms with E-state index in [1.54, 1.807) is 0 Å². The minimum absolute atomic E-state index is 0.231. The molecule has 2 aromatic rings. The quantitative estimate of drug-likeness (QED) is 0.832. The van der Waals surface area contributed by atoms with Crippen LogP contribution in [0.1, 0.15) is 44.5 Å². The van der Waals surface area contributed by atoms with Crippen LogP contribution in [0.3, 0.4) is 0 Å². The van der Waals surface area contributed by atoms with Crippen LogP contribution in [0.2, 0.25) is 0 Å². The predicted octanol–water partition coefficient (Wildman–Crippen LogP) is 3.52. The molecule has 1 aliphatic rings. The largest absolute Gasteiger partial charge is 0.334 e. The van der Waals surface area contributed by atoms with Crippen molar-refractivity contribution in [3.05, 3.63) is 53.6 Å². The summed E-state index contributed by atoms with van der Waals surface area (Å²) in [6, 6.07) is 9.18. The van der Waals surface area contributed by atoms with E-state index in [0.717, 1.165) is 45.8 Å². The molecule has 1 aromatic heterocycles. The number of aryl methyl sites for hydroxylation is 1. The molecule has 1 fully saturated rings. The van der Waals surface area contributed by atoms with Crippen molar-refractivity contribution in [1.29, 1.82) is 0 Å². The number of benzene rings is 1. The van der Waals surface area contributed by atoms with Crippen LogP contribution < -0.4 is 0 Å². The standard InChI is InChI=1S/C21H32N4/c1-5-25-17-22-14-20(25)16-24-12-10-23(11-13-24)15-18-6-8-19(9-7-18)21(2,3)4/h6-9,14,17H,5,10-13,15-16H2,1-4H3. The Morgan fingerprint density at radius 3 is 2.08 bits per heavy atom. The molecule has 0 N–H and O–H groups in total. The Kier molecular flexibility index (Phi) is 5.60. The van der Waals surface area contributed by atoms with E-state index in [0.29, 0.717) is 0 Å². The molecule has 0 unspecified atom stereocenters. The molecule has 0 saturated carbocycles. The van der Waals surface area contributed by atoms with Crippen LogP contribution in [0.25, 0.3) is 0 Å². The fourth-order valence-corrected chi connectivity index (χ4v) is 3.47. The Labute approximate surface area is 152 Å². The van der Waals surface area contributed by atoms with Gasteiger partial charge in [0.2, 0.25) is 0 Å². The average Bonchev–Trinajstić information content (AvgIpc) is 3.03. The predicted molar refractivity (Wildman–Crippen MR) is 104 cm³/mol. The zero-order valence-corrected chi connectivity index (χ0v) is 16.2. The fraction of sp³-hybridized carbons (Fsp3) is 0.571. The summed E-state index contributed by atoms with van der Waals surface area (Å²) in [5.74, 6) is 0. The Hall–Kier alpha value is -1.65. The van der Waals surface area contributed by atoms with Gasteiger partial charge in [-0.1, -0.05) is 45.0 Å². The third-order valence-electron chi connectivity index (χ3n) is 5.22. The van der Waals surface area contributed by atoms with Crippen LogP contribution in [0.4, 0.5) is 0 Å². The molecule has 3 rings (SSSR count). The van der Waals surface area contributed by atoms with Crippen molar-refractivity contribution in [2.75, 3.05) is 26.2 Å². The second-order valence-electron chi connectivity index (χ2n) is 8.17. The van der Waals surface area contributed by atoms with E-state index < -0.39 is 0 Å². The van der Waals surface area contributed by atoms with Gasteiger partial charge in [-0.25, -0.2) is 4.98 Å². The second-order valence-corrected chi connectivity index (χ2v) is 8.17. The lowest BCUT2D eigenvalue weighted by molar-refractivity contribution is 0.120. The third-order valence-corrected chi connectivity index (χ3v) is 5.22. The van der Waals surface area contributed by atoms with Crippen molar-refractivity contribution in [3.63, 3.8) is 0 Å². The van der Waals surface area contributed by atoms with Crippen molar-refractivity contribution in [2.45, 2.75) is 52.7 Å². The summed E-state index contributed by atoms with van der Waals surface area (Å²) in [6.07, 6.45) is 3.94. The zero-order valence-electron chi connectivity index (χ0n) is 16.2. The molecule has 1 aliphatic heterocycles. The second kappa shape index (κ2) is 7.71. The molecule has 0 amide bonds. The van der Waals surface area contributed by atoms with E-state index in [1.807, 2.05) is 12.5 Å². The molecule has 0 aliphatic carbocycles. The highest BCUT2D eigenvalue weighted by atomic mass is 15.3. The summed E-state index contributed by atoms with van der Waals surface area (Å²) >= 11 is 0. The number of rotatable bonds is 5. The first-order chi connectivity index (χ1) is 12.0. The first kappa shape index (κ1) is 18.2. The minimum Gasteiger partial charge on any atom is -0.334 e. The first-order valence-corrected chi connectivity index (χ1v) is 9.49. The molecule has 0 bridgehead atoms. The molecular formula is C21H32N4. The summed E-state index contributed by atoms with van der Waals surface area (Å²) < 4.78 is 2.24. The van der Waals surface area contributed by atoms with Crippen LogP contribution in [-0.2, 0) is 25.0 Å². The van der Waals surface area contributed by atoms with Gasteiger partial charge in [-0.15, -0.1) is 0 Å². The lowest BCUT2D eigenvalue weighted by Gasteiger charge is -2.34. The molecule has 2 heterocycles. The summed E-state index contributed by atoms with van der Waals surface area (Å²) in [5, 5.41) is 0. The van der Waals surface area contributed by atoms with E-state index >= 15 is 0 Å². The summed E-state index contributed by atoms with van der Waals surface area (Å²) in [4.78, 5) is 9.39. The summed E-state index contributed by atoms with van der Waals surface area (Å²) in [6.45, 7) is 16.6. The van der Waals surface area contributed by atoms with E-state index in [1.165, 1.54) is 16.8 Å². The maximum Gasteiger partial charge on any atom is 0.0948 e. The van der Waals surface area contributed by atoms with Crippen molar-refractivity contribution in [3.8, 4) is 0 Å². The van der Waals surface area contributed by atoms with Gasteiger partial charge in [0, 0.05) is 52.0 Å². The number of piperazine rings is 1. The summed E-state index contributed by atoms with van der Waals surface area (Å²) in [7, 11) is 0. The lowest BCUT2D eigenvalue weighted by Crippen LogP contribution is -2.45. The molecular weight excluding hydrogens is 308 g/mol. The zero-order chi connectivity index (χ0) is 17.9. The molecule has 1 aromatic carbocycles. The normalized spacial score (nSPS) is 17.1. The maximum atomic E-state index is 4.28. The van der Waals surface area contributed by atoms with E-state index in [2.05, 4.69) is 71.3 Å². The van der Waals surface area contributed by atoms with Crippen molar-refractivity contribution < 1.29 is 0 Å². The Morgan fingerprint density at radius 2 is 1.52 bits per heavy atom. The first-order valence-electron chi connectivity index (χ1n) is 9.49. The van der Waals surface area contributed by atoms with E-state index in [4.69, 9.17) is 0 Å². The molecule has 4 heteroatoms. The molecule has 0 spiro atoms. The fourth-order valence-electron chi connectivity index (χ4n) is 3.47. The van der Waals surface area contributed by atoms with Gasteiger partial charge in [-0.3, -0.25) is 9.80 Å². The van der Waals surface area contributed by atoms with Gasteiger partial charge in [-0.05, 0) is 23.5 Å². The van der Waals surface area contributed by atoms with Crippen LogP contribution in [0, 0.1) is 0 Å². The highest BCUT2D eigenvalue weighted by Gasteiger charge is 2.19. The smallest absolute Gasteiger partial charge is 0.0948 e. The van der Waals surface area contributed by atoms with Gasteiger partial charge < -0.3 is 4.57 Å². The highest BCUT2D eigenvalue weighted by molar-refractivity contribution is 5.27. The third kappa shape index (κ3) is 4.71. The highest BCUT2D eigenvalue weighted by Crippen LogP contribution is 2.22. The maximum absolute atomic E-state index is 4.28. The van der Waals surface area contributed by atoms with Crippen LogP contribution >= 0.6 is 0 Å². The molecule has 136 valence electrons. The number of aromatic nitrogens is 2. The van der Waals surface area contributed by atoms with Crippen molar-refractivity contribution >= 4 is 0 Å². The van der Waals surface area contributed by atoms with Gasteiger partial charge in [-0.2, -0.15) is 0 Å². The Balaban J connectivity index is 1.49. The topological polar surface area (TPSA) is 24.3 Å². The molecule has 0 atom stereocenters. The van der Waals surface area contributed by atoms with E-state index in [9.17, 15) is 0 Å². The van der Waals surface area contributed by atoms with Gasteiger partial charge in [0.25, 0.3) is 0 Å². The number of hydrogen-bond acceptors (Lipinski definition) is 3. The molecule has 4 nitrogen and oxygen atoms in total. The van der Waals surface area contributed by atoms with Crippen molar-refractivity contribution in [2.24, 2.45) is 0 Å². The SMILES string of the molecule is CCn1cncc1CN1CCN(Cc2ccc(C(C)(C)C)cc2)CC1. The number of nitrogens with zero attached hydrogens (tertiary/aromatic N) is 4. The molecule has 0 radical (unpaired) electrons. The Bertz CT molecular complexity index is 658. The van der Waals surface area contributed by atoms with Gasteiger partial charge in [0.15, 0.2) is 0 Å².